The van der Waals surface area contributed by atoms with Gasteiger partial charge < -0.3 is 14.5 Å². The minimum atomic E-state index is -1.01. The number of amides is 1. The Morgan fingerprint density at radius 3 is 2.65 bits per heavy atom. The van der Waals surface area contributed by atoms with Crippen molar-refractivity contribution in [3.8, 4) is 0 Å². The maximum absolute atomic E-state index is 12.1. The summed E-state index contributed by atoms with van der Waals surface area (Å²) in [5.41, 5.74) is 0.604. The number of aryl methyl sites for hydroxylation is 1. The summed E-state index contributed by atoms with van der Waals surface area (Å²) in [5.74, 6) is -1.31. The molecule has 0 aliphatic heterocycles. The molecular formula is C11H14N2O4. The molecule has 1 saturated carbocycles. The molecule has 1 aliphatic carbocycles. The summed E-state index contributed by atoms with van der Waals surface area (Å²) in [7, 11) is 0. The number of rotatable bonds is 4. The second kappa shape index (κ2) is 4.20. The maximum Gasteiger partial charge on any atom is 0.326 e. The third kappa shape index (κ3) is 2.30. The molecule has 0 bridgehead atoms. The van der Waals surface area contributed by atoms with Crippen molar-refractivity contribution in [2.45, 2.75) is 38.8 Å². The third-order valence-electron chi connectivity index (χ3n) is 2.79. The van der Waals surface area contributed by atoms with E-state index in [1.165, 1.54) is 17.9 Å². The summed E-state index contributed by atoms with van der Waals surface area (Å²) in [6, 6.07) is 0.686. The van der Waals surface area contributed by atoms with Crippen LogP contribution in [0.3, 0.4) is 0 Å². The van der Waals surface area contributed by atoms with Crippen molar-refractivity contribution in [2.75, 3.05) is 0 Å². The molecule has 0 aromatic carbocycles. The van der Waals surface area contributed by atoms with Gasteiger partial charge in [-0.2, -0.15) is 0 Å². The van der Waals surface area contributed by atoms with Gasteiger partial charge in [-0.25, -0.2) is 4.79 Å². The molecule has 1 aromatic heterocycles. The van der Waals surface area contributed by atoms with Gasteiger partial charge in [-0.15, -0.1) is 0 Å². The number of aromatic nitrogens is 1. The van der Waals surface area contributed by atoms with Gasteiger partial charge >= 0.3 is 5.97 Å². The predicted molar refractivity (Wildman–Crippen MR) is 57.5 cm³/mol. The minimum absolute atomic E-state index is 0.0130. The highest BCUT2D eigenvalue weighted by molar-refractivity contribution is 5.94. The molecular weight excluding hydrogens is 224 g/mol. The van der Waals surface area contributed by atoms with Crippen LogP contribution in [0.5, 0.6) is 0 Å². The molecule has 1 N–H and O–H groups in total. The van der Waals surface area contributed by atoms with Crippen LogP contribution >= 0.6 is 0 Å². The van der Waals surface area contributed by atoms with Crippen molar-refractivity contribution >= 4 is 11.9 Å². The van der Waals surface area contributed by atoms with Gasteiger partial charge in [-0.1, -0.05) is 5.16 Å². The molecule has 1 unspecified atom stereocenters. The van der Waals surface area contributed by atoms with Crippen molar-refractivity contribution in [3.63, 3.8) is 0 Å². The number of carbonyl (C=O) groups excluding carboxylic acids is 1. The molecule has 17 heavy (non-hydrogen) atoms. The van der Waals surface area contributed by atoms with Gasteiger partial charge in [0.1, 0.15) is 6.04 Å². The van der Waals surface area contributed by atoms with Gasteiger partial charge in [-0.3, -0.25) is 4.79 Å². The van der Waals surface area contributed by atoms with Crippen LogP contribution in [0.1, 0.15) is 36.0 Å². The highest BCUT2D eigenvalue weighted by Crippen LogP contribution is 2.30. The first-order valence-corrected chi connectivity index (χ1v) is 5.49. The van der Waals surface area contributed by atoms with E-state index in [1.807, 2.05) is 0 Å². The van der Waals surface area contributed by atoms with E-state index < -0.39 is 17.9 Å². The van der Waals surface area contributed by atoms with Crippen LogP contribution < -0.4 is 0 Å². The summed E-state index contributed by atoms with van der Waals surface area (Å²) in [6.45, 7) is 3.21. The fourth-order valence-corrected chi connectivity index (χ4v) is 1.72. The fraction of sp³-hybridized carbons (Fsp3) is 0.545. The number of carbonyl (C=O) groups is 2. The topological polar surface area (TPSA) is 83.6 Å². The zero-order valence-electron chi connectivity index (χ0n) is 9.71. The second-order valence-electron chi connectivity index (χ2n) is 4.29. The Morgan fingerprint density at radius 2 is 2.24 bits per heavy atom. The molecule has 2 rings (SSSR count). The Kier molecular flexibility index (Phi) is 2.87. The Labute approximate surface area is 98.2 Å². The molecule has 1 aromatic rings. The number of nitrogens with zero attached hydrogens (tertiary/aromatic N) is 2. The lowest BCUT2D eigenvalue weighted by Crippen LogP contribution is -2.44. The van der Waals surface area contributed by atoms with Gasteiger partial charge in [0.15, 0.2) is 0 Å². The van der Waals surface area contributed by atoms with Crippen molar-refractivity contribution in [1.82, 2.24) is 10.1 Å². The number of carboxylic acid groups (broad SMARTS) is 1. The molecule has 1 aliphatic rings. The molecule has 1 atom stereocenters. The molecule has 0 spiro atoms. The molecule has 92 valence electrons. The highest BCUT2D eigenvalue weighted by Gasteiger charge is 2.39. The fourth-order valence-electron chi connectivity index (χ4n) is 1.72. The van der Waals surface area contributed by atoms with Gasteiger partial charge in [0.2, 0.25) is 5.76 Å². The Hall–Kier alpha value is -1.85. The third-order valence-corrected chi connectivity index (χ3v) is 2.79. The lowest BCUT2D eigenvalue weighted by atomic mass is 10.2. The average Bonchev–Trinajstić information content (AvgIpc) is 3.00. The highest BCUT2D eigenvalue weighted by atomic mass is 16.5. The molecule has 1 heterocycles. The first kappa shape index (κ1) is 11.6. The Bertz CT molecular complexity index is 450. The van der Waals surface area contributed by atoms with E-state index in [1.54, 1.807) is 6.92 Å². The predicted octanol–water partition coefficient (Wildman–Crippen LogP) is 1.06. The first-order valence-electron chi connectivity index (χ1n) is 5.49. The lowest BCUT2D eigenvalue weighted by Gasteiger charge is -2.25. The molecule has 0 radical (unpaired) electrons. The molecule has 6 heteroatoms. The van der Waals surface area contributed by atoms with Crippen LogP contribution in [0.15, 0.2) is 10.6 Å². The van der Waals surface area contributed by atoms with Gasteiger partial charge in [0.05, 0.1) is 5.69 Å². The average molecular weight is 238 g/mol. The molecule has 6 nitrogen and oxygen atoms in total. The minimum Gasteiger partial charge on any atom is -0.480 e. The number of hydrogen-bond acceptors (Lipinski definition) is 4. The smallest absolute Gasteiger partial charge is 0.326 e. The summed E-state index contributed by atoms with van der Waals surface area (Å²) in [4.78, 5) is 24.5. The number of hydrogen-bond donors (Lipinski definition) is 1. The van der Waals surface area contributed by atoms with Crippen LogP contribution in [-0.2, 0) is 4.79 Å². The van der Waals surface area contributed by atoms with Crippen LogP contribution in [0.2, 0.25) is 0 Å². The summed E-state index contributed by atoms with van der Waals surface area (Å²) < 4.78 is 4.88. The normalized spacial score (nSPS) is 16.6. The van der Waals surface area contributed by atoms with Crippen molar-refractivity contribution < 1.29 is 19.2 Å². The van der Waals surface area contributed by atoms with Gasteiger partial charge in [0, 0.05) is 12.1 Å². The quantitative estimate of drug-likeness (QED) is 0.847. The van der Waals surface area contributed by atoms with Crippen molar-refractivity contribution in [3.05, 3.63) is 17.5 Å². The largest absolute Gasteiger partial charge is 0.480 e. The maximum atomic E-state index is 12.1. The van der Waals surface area contributed by atoms with Crippen LogP contribution in [0.25, 0.3) is 0 Å². The molecule has 1 fully saturated rings. The van der Waals surface area contributed by atoms with Gasteiger partial charge in [0.25, 0.3) is 5.91 Å². The Morgan fingerprint density at radius 1 is 1.59 bits per heavy atom. The van der Waals surface area contributed by atoms with Gasteiger partial charge in [-0.05, 0) is 26.7 Å². The summed E-state index contributed by atoms with van der Waals surface area (Å²) in [5, 5.41) is 12.6. The van der Waals surface area contributed by atoms with E-state index in [-0.39, 0.29) is 11.8 Å². The van der Waals surface area contributed by atoms with E-state index in [0.29, 0.717) is 5.69 Å². The second-order valence-corrected chi connectivity index (χ2v) is 4.29. The zero-order chi connectivity index (χ0) is 12.6. The number of aliphatic carboxylic acids is 1. The zero-order valence-corrected chi connectivity index (χ0v) is 9.71. The summed E-state index contributed by atoms with van der Waals surface area (Å²) >= 11 is 0. The van der Waals surface area contributed by atoms with Crippen LogP contribution in [0.4, 0.5) is 0 Å². The monoisotopic (exact) mass is 238 g/mol. The van der Waals surface area contributed by atoms with E-state index in [2.05, 4.69) is 5.16 Å². The van der Waals surface area contributed by atoms with E-state index >= 15 is 0 Å². The van der Waals surface area contributed by atoms with E-state index in [0.717, 1.165) is 12.8 Å². The van der Waals surface area contributed by atoms with Crippen LogP contribution in [0, 0.1) is 6.92 Å². The Balaban J connectivity index is 2.21. The lowest BCUT2D eigenvalue weighted by molar-refractivity contribution is -0.141. The van der Waals surface area contributed by atoms with E-state index in [9.17, 15) is 9.59 Å². The standard InChI is InChI=1S/C11H14N2O4/c1-6-5-9(17-12-6)10(14)13(8-3-4-8)7(2)11(15)16/h5,7-8H,3-4H2,1-2H3,(H,15,16). The van der Waals surface area contributed by atoms with Crippen LogP contribution in [-0.4, -0.2) is 39.1 Å². The van der Waals surface area contributed by atoms with Crippen molar-refractivity contribution in [1.29, 1.82) is 0 Å². The number of carboxylic acids is 1. The first-order chi connectivity index (χ1) is 8.00. The van der Waals surface area contributed by atoms with Crippen molar-refractivity contribution in [2.24, 2.45) is 0 Å². The molecule has 1 amide bonds. The van der Waals surface area contributed by atoms with E-state index in [4.69, 9.17) is 9.63 Å². The summed E-state index contributed by atoms with van der Waals surface area (Å²) in [6.07, 6.45) is 1.69. The SMILES string of the molecule is Cc1cc(C(=O)N(C2CC2)C(C)C(=O)O)on1. The molecule has 0 saturated heterocycles.